The second kappa shape index (κ2) is 10.8. The Morgan fingerprint density at radius 3 is 2.12 bits per heavy atom. The molecule has 0 bridgehead atoms. The van der Waals surface area contributed by atoms with Crippen molar-refractivity contribution in [1.29, 1.82) is 0 Å². The van der Waals surface area contributed by atoms with Gasteiger partial charge in [-0.15, -0.1) is 0 Å². The summed E-state index contributed by atoms with van der Waals surface area (Å²) < 4.78 is 5.63. The maximum atomic E-state index is 12.2. The lowest BCUT2D eigenvalue weighted by molar-refractivity contribution is -0.129. The zero-order chi connectivity index (χ0) is 22.9. The number of rotatable bonds is 7. The van der Waals surface area contributed by atoms with Crippen LogP contribution in [0.2, 0.25) is 0 Å². The van der Waals surface area contributed by atoms with Crippen LogP contribution in [0.5, 0.6) is 5.75 Å². The molecule has 0 aromatic heterocycles. The van der Waals surface area contributed by atoms with E-state index in [1.807, 2.05) is 68.4 Å². The van der Waals surface area contributed by atoms with Crippen LogP contribution in [0, 0.1) is 13.8 Å². The minimum absolute atomic E-state index is 0.274. The Morgan fingerprint density at radius 2 is 1.41 bits per heavy atom. The van der Waals surface area contributed by atoms with Gasteiger partial charge >= 0.3 is 0 Å². The second-order valence-corrected chi connectivity index (χ2v) is 7.31. The largest absolute Gasteiger partial charge is 0.483 e. The summed E-state index contributed by atoms with van der Waals surface area (Å²) in [6, 6.07) is 22.5. The number of hydrogen-bond donors (Lipinski definition) is 3. The van der Waals surface area contributed by atoms with Gasteiger partial charge in [0, 0.05) is 11.1 Å². The van der Waals surface area contributed by atoms with Crippen molar-refractivity contribution >= 4 is 17.7 Å². The Kier molecular flexibility index (Phi) is 7.59. The van der Waals surface area contributed by atoms with Gasteiger partial charge < -0.3 is 10.1 Å². The van der Waals surface area contributed by atoms with Crippen LogP contribution < -0.4 is 20.9 Å². The van der Waals surface area contributed by atoms with Crippen LogP contribution in [0.25, 0.3) is 11.1 Å². The standard InChI is InChI=1S/C25H25N3O4/c1-17-12-18(2)14-20(13-17)25(31)26-15-23(29)27-28-24(30)16-32-22-11-7-6-10-21(22)19-8-4-3-5-9-19/h3-14H,15-16H2,1-2H3,(H,26,31)(H,27,29)(H,28,30). The molecule has 0 fully saturated rings. The predicted molar refractivity (Wildman–Crippen MR) is 122 cm³/mol. The lowest BCUT2D eigenvalue weighted by Gasteiger charge is -2.12. The van der Waals surface area contributed by atoms with E-state index in [1.165, 1.54) is 0 Å². The third kappa shape index (κ3) is 6.43. The fraction of sp³-hybridized carbons (Fsp3) is 0.160. The number of hydrogen-bond acceptors (Lipinski definition) is 4. The summed E-state index contributed by atoms with van der Waals surface area (Å²) >= 11 is 0. The van der Waals surface area contributed by atoms with Gasteiger partial charge in [-0.3, -0.25) is 25.2 Å². The molecular weight excluding hydrogens is 406 g/mol. The number of amides is 3. The Balaban J connectivity index is 1.44. The maximum absolute atomic E-state index is 12.2. The van der Waals surface area contributed by atoms with Gasteiger partial charge in [0.05, 0.1) is 6.54 Å². The number of carbonyl (C=O) groups is 3. The summed E-state index contributed by atoms with van der Waals surface area (Å²) in [6.07, 6.45) is 0. The van der Waals surface area contributed by atoms with Crippen molar-refractivity contribution in [2.24, 2.45) is 0 Å². The van der Waals surface area contributed by atoms with Crippen molar-refractivity contribution in [3.63, 3.8) is 0 Å². The molecule has 3 N–H and O–H groups in total. The van der Waals surface area contributed by atoms with Crippen molar-refractivity contribution in [3.8, 4) is 16.9 Å². The SMILES string of the molecule is Cc1cc(C)cc(C(=O)NCC(=O)NNC(=O)COc2ccccc2-c2ccccc2)c1. The quantitative estimate of drug-likeness (QED) is 0.501. The second-order valence-electron chi connectivity index (χ2n) is 7.31. The lowest BCUT2D eigenvalue weighted by atomic mass is 10.1. The van der Waals surface area contributed by atoms with Crippen LogP contribution in [0.4, 0.5) is 0 Å². The Bertz CT molecular complexity index is 1090. The van der Waals surface area contributed by atoms with E-state index >= 15 is 0 Å². The number of hydrazine groups is 1. The molecule has 0 spiro atoms. The molecule has 3 rings (SSSR count). The van der Waals surface area contributed by atoms with Gasteiger partial charge in [0.2, 0.25) is 0 Å². The van der Waals surface area contributed by atoms with E-state index in [-0.39, 0.29) is 19.1 Å². The van der Waals surface area contributed by atoms with Crippen LogP contribution in [0.1, 0.15) is 21.5 Å². The summed E-state index contributed by atoms with van der Waals surface area (Å²) in [4.78, 5) is 36.2. The van der Waals surface area contributed by atoms with Gasteiger partial charge in [-0.05, 0) is 37.6 Å². The molecule has 0 radical (unpaired) electrons. The zero-order valence-corrected chi connectivity index (χ0v) is 18.0. The van der Waals surface area contributed by atoms with Gasteiger partial charge in [-0.1, -0.05) is 65.7 Å². The molecule has 0 aliphatic rings. The number of carbonyl (C=O) groups excluding carboxylic acids is 3. The average Bonchev–Trinajstić information content (AvgIpc) is 2.80. The van der Waals surface area contributed by atoms with Crippen LogP contribution in [-0.4, -0.2) is 30.9 Å². The van der Waals surface area contributed by atoms with Crippen LogP contribution in [0.3, 0.4) is 0 Å². The van der Waals surface area contributed by atoms with E-state index in [0.717, 1.165) is 22.3 Å². The lowest BCUT2D eigenvalue weighted by Crippen LogP contribution is -2.47. The van der Waals surface area contributed by atoms with E-state index in [4.69, 9.17) is 4.74 Å². The molecule has 0 saturated carbocycles. The highest BCUT2D eigenvalue weighted by Gasteiger charge is 2.11. The summed E-state index contributed by atoms with van der Waals surface area (Å²) in [5, 5.41) is 2.53. The predicted octanol–water partition coefficient (Wildman–Crippen LogP) is 2.93. The molecule has 7 heteroatoms. The molecule has 3 aromatic rings. The minimum Gasteiger partial charge on any atom is -0.483 e. The molecule has 3 amide bonds. The minimum atomic E-state index is -0.555. The Hall–Kier alpha value is -4.13. The molecular formula is C25H25N3O4. The summed E-state index contributed by atoms with van der Waals surface area (Å²) in [6.45, 7) is 3.24. The van der Waals surface area contributed by atoms with Gasteiger partial charge in [0.15, 0.2) is 6.61 Å². The highest BCUT2D eigenvalue weighted by Crippen LogP contribution is 2.29. The monoisotopic (exact) mass is 431 g/mol. The number of ether oxygens (including phenoxy) is 1. The number of aryl methyl sites for hydroxylation is 2. The third-order valence-corrected chi connectivity index (χ3v) is 4.57. The normalized spacial score (nSPS) is 10.2. The van der Waals surface area contributed by atoms with E-state index in [0.29, 0.717) is 11.3 Å². The third-order valence-electron chi connectivity index (χ3n) is 4.57. The molecule has 3 aromatic carbocycles. The topological polar surface area (TPSA) is 96.5 Å². The summed E-state index contributed by atoms with van der Waals surface area (Å²) in [5.41, 5.74) is 8.76. The van der Waals surface area contributed by atoms with Crippen molar-refractivity contribution in [2.75, 3.05) is 13.2 Å². The first-order chi connectivity index (χ1) is 15.4. The zero-order valence-electron chi connectivity index (χ0n) is 18.0. The van der Waals surface area contributed by atoms with E-state index < -0.39 is 11.8 Å². The van der Waals surface area contributed by atoms with Gasteiger partial charge in [-0.2, -0.15) is 0 Å². The van der Waals surface area contributed by atoms with Gasteiger partial charge in [0.25, 0.3) is 17.7 Å². The highest BCUT2D eigenvalue weighted by atomic mass is 16.5. The van der Waals surface area contributed by atoms with E-state index in [9.17, 15) is 14.4 Å². The van der Waals surface area contributed by atoms with Crippen molar-refractivity contribution in [2.45, 2.75) is 13.8 Å². The smallest absolute Gasteiger partial charge is 0.276 e. The number of benzene rings is 3. The van der Waals surface area contributed by atoms with E-state index in [1.54, 1.807) is 18.2 Å². The molecule has 0 heterocycles. The maximum Gasteiger partial charge on any atom is 0.276 e. The molecule has 0 aliphatic heterocycles. The molecule has 0 saturated heterocycles. The molecule has 0 atom stereocenters. The van der Waals surface area contributed by atoms with Crippen molar-refractivity contribution in [3.05, 3.63) is 89.5 Å². The van der Waals surface area contributed by atoms with E-state index in [2.05, 4.69) is 16.2 Å². The first kappa shape index (κ1) is 22.6. The number of nitrogens with one attached hydrogen (secondary N) is 3. The molecule has 164 valence electrons. The highest BCUT2D eigenvalue weighted by molar-refractivity contribution is 5.97. The first-order valence-electron chi connectivity index (χ1n) is 10.1. The average molecular weight is 431 g/mol. The fourth-order valence-corrected chi connectivity index (χ4v) is 3.18. The Morgan fingerprint density at radius 1 is 0.781 bits per heavy atom. The van der Waals surface area contributed by atoms with Crippen LogP contribution >= 0.6 is 0 Å². The van der Waals surface area contributed by atoms with Gasteiger partial charge in [0.1, 0.15) is 5.75 Å². The van der Waals surface area contributed by atoms with Crippen LogP contribution in [-0.2, 0) is 9.59 Å². The van der Waals surface area contributed by atoms with Gasteiger partial charge in [-0.25, -0.2) is 0 Å². The number of para-hydroxylation sites is 1. The molecule has 0 aliphatic carbocycles. The molecule has 0 unspecified atom stereocenters. The molecule has 32 heavy (non-hydrogen) atoms. The summed E-state index contributed by atoms with van der Waals surface area (Å²) in [7, 11) is 0. The molecule has 7 nitrogen and oxygen atoms in total. The van der Waals surface area contributed by atoms with Crippen molar-refractivity contribution in [1.82, 2.24) is 16.2 Å². The first-order valence-corrected chi connectivity index (χ1v) is 10.1. The van der Waals surface area contributed by atoms with Crippen molar-refractivity contribution < 1.29 is 19.1 Å². The summed E-state index contributed by atoms with van der Waals surface area (Å²) in [5.74, 6) is -0.886. The van der Waals surface area contributed by atoms with Crippen LogP contribution in [0.15, 0.2) is 72.8 Å². The fourth-order valence-electron chi connectivity index (χ4n) is 3.18. The Labute approximate surface area is 186 Å².